The van der Waals surface area contributed by atoms with Crippen LogP contribution in [-0.2, 0) is 5.41 Å². The van der Waals surface area contributed by atoms with Crippen LogP contribution in [0, 0.1) is 0 Å². The molecule has 0 aliphatic rings. The third-order valence-corrected chi connectivity index (χ3v) is 3.43. The molecule has 0 spiro atoms. The van der Waals surface area contributed by atoms with Crippen molar-refractivity contribution in [2.24, 2.45) is 5.73 Å². The van der Waals surface area contributed by atoms with Crippen LogP contribution >= 0.6 is 0 Å². The van der Waals surface area contributed by atoms with Crippen LogP contribution in [0.15, 0.2) is 36.4 Å². The fourth-order valence-electron chi connectivity index (χ4n) is 2.43. The Morgan fingerprint density at radius 1 is 0.950 bits per heavy atom. The smallest absolute Gasteiger partial charge is 0.316 e. The molecule has 0 aliphatic carbocycles. The standard InChI is InChI=1S/C16H18F3N/c1-15(2,3)12-9-5-7-10-6-4-8-11(13(10)12)14(20)16(17,18)19/h4-9,14H,20H2,1-3H3/t14-/m0/s1. The lowest BCUT2D eigenvalue weighted by Gasteiger charge is -2.25. The Labute approximate surface area is 116 Å². The van der Waals surface area contributed by atoms with Crippen molar-refractivity contribution in [3.8, 4) is 0 Å². The molecule has 1 atom stereocenters. The van der Waals surface area contributed by atoms with E-state index in [1.165, 1.54) is 6.07 Å². The highest BCUT2D eigenvalue weighted by atomic mass is 19.4. The number of fused-ring (bicyclic) bond motifs is 1. The number of alkyl halides is 3. The first kappa shape index (κ1) is 14.9. The molecule has 0 amide bonds. The number of rotatable bonds is 1. The van der Waals surface area contributed by atoms with E-state index in [1.807, 2.05) is 45.0 Å². The van der Waals surface area contributed by atoms with Gasteiger partial charge in [0.15, 0.2) is 0 Å². The van der Waals surface area contributed by atoms with Crippen LogP contribution in [-0.4, -0.2) is 6.18 Å². The Kier molecular flexibility index (Phi) is 3.54. The lowest BCUT2D eigenvalue weighted by Crippen LogP contribution is -2.29. The summed E-state index contributed by atoms with van der Waals surface area (Å²) in [4.78, 5) is 0. The molecule has 2 rings (SSSR count). The highest BCUT2D eigenvalue weighted by molar-refractivity contribution is 5.90. The SMILES string of the molecule is CC(C)(C)c1cccc2cccc([C@H](N)C(F)(F)F)c12. The van der Waals surface area contributed by atoms with Gasteiger partial charge in [0.25, 0.3) is 0 Å². The number of hydrogen-bond donors (Lipinski definition) is 1. The van der Waals surface area contributed by atoms with E-state index >= 15 is 0 Å². The lowest BCUT2D eigenvalue weighted by molar-refractivity contribution is -0.148. The molecule has 4 heteroatoms. The van der Waals surface area contributed by atoms with Gasteiger partial charge in [0.05, 0.1) is 0 Å². The molecular formula is C16H18F3N. The fraction of sp³-hybridized carbons (Fsp3) is 0.375. The minimum atomic E-state index is -4.45. The van der Waals surface area contributed by atoms with E-state index in [0.717, 1.165) is 10.9 Å². The van der Waals surface area contributed by atoms with E-state index in [-0.39, 0.29) is 11.0 Å². The first-order valence-electron chi connectivity index (χ1n) is 6.47. The van der Waals surface area contributed by atoms with E-state index < -0.39 is 12.2 Å². The van der Waals surface area contributed by atoms with E-state index in [1.54, 1.807) is 6.07 Å². The molecule has 2 aromatic rings. The summed E-state index contributed by atoms with van der Waals surface area (Å²) >= 11 is 0. The third kappa shape index (κ3) is 2.66. The van der Waals surface area contributed by atoms with E-state index in [9.17, 15) is 13.2 Å². The van der Waals surface area contributed by atoms with Crippen molar-refractivity contribution >= 4 is 10.8 Å². The van der Waals surface area contributed by atoms with Crippen molar-refractivity contribution in [3.63, 3.8) is 0 Å². The zero-order chi connectivity index (χ0) is 15.1. The van der Waals surface area contributed by atoms with Gasteiger partial charge < -0.3 is 5.73 Å². The van der Waals surface area contributed by atoms with E-state index in [2.05, 4.69) is 0 Å². The van der Waals surface area contributed by atoms with E-state index in [4.69, 9.17) is 5.73 Å². The van der Waals surface area contributed by atoms with Gasteiger partial charge in [0.2, 0.25) is 0 Å². The van der Waals surface area contributed by atoms with Crippen LogP contribution in [0.2, 0.25) is 0 Å². The fourth-order valence-corrected chi connectivity index (χ4v) is 2.43. The minimum Gasteiger partial charge on any atom is -0.316 e. The molecule has 1 nitrogen and oxygen atoms in total. The average molecular weight is 281 g/mol. The minimum absolute atomic E-state index is 0.139. The van der Waals surface area contributed by atoms with Gasteiger partial charge in [0, 0.05) is 0 Å². The predicted octanol–water partition coefficient (Wildman–Crippen LogP) is 4.70. The molecule has 20 heavy (non-hydrogen) atoms. The molecule has 0 aliphatic heterocycles. The van der Waals surface area contributed by atoms with Crippen molar-refractivity contribution in [2.75, 3.05) is 0 Å². The topological polar surface area (TPSA) is 26.0 Å². The van der Waals surface area contributed by atoms with Crippen LogP contribution in [0.4, 0.5) is 13.2 Å². The van der Waals surface area contributed by atoms with Gasteiger partial charge in [-0.1, -0.05) is 57.2 Å². The third-order valence-electron chi connectivity index (χ3n) is 3.43. The highest BCUT2D eigenvalue weighted by Gasteiger charge is 2.39. The summed E-state index contributed by atoms with van der Waals surface area (Å²) in [5, 5.41) is 1.40. The van der Waals surface area contributed by atoms with Crippen LogP contribution in [0.25, 0.3) is 10.8 Å². The highest BCUT2D eigenvalue weighted by Crippen LogP contribution is 2.38. The summed E-state index contributed by atoms with van der Waals surface area (Å²) in [7, 11) is 0. The zero-order valence-electron chi connectivity index (χ0n) is 11.8. The van der Waals surface area contributed by atoms with Gasteiger partial charge in [-0.2, -0.15) is 13.2 Å². The molecule has 0 heterocycles. The van der Waals surface area contributed by atoms with Crippen molar-refractivity contribution in [3.05, 3.63) is 47.5 Å². The van der Waals surface area contributed by atoms with Gasteiger partial charge in [-0.15, -0.1) is 0 Å². The predicted molar refractivity (Wildman–Crippen MR) is 75.6 cm³/mol. The average Bonchev–Trinajstić information content (AvgIpc) is 2.34. The molecule has 2 N–H and O–H groups in total. The van der Waals surface area contributed by atoms with Gasteiger partial charge >= 0.3 is 6.18 Å². The molecule has 0 saturated carbocycles. The Morgan fingerprint density at radius 2 is 1.50 bits per heavy atom. The van der Waals surface area contributed by atoms with Crippen LogP contribution in [0.3, 0.4) is 0 Å². The summed E-state index contributed by atoms with van der Waals surface area (Å²) < 4.78 is 38.9. The molecule has 0 fully saturated rings. The molecule has 0 radical (unpaired) electrons. The first-order valence-corrected chi connectivity index (χ1v) is 6.47. The Bertz CT molecular complexity index is 618. The van der Waals surface area contributed by atoms with Crippen molar-refractivity contribution in [2.45, 2.75) is 38.4 Å². The summed E-state index contributed by atoms with van der Waals surface area (Å²) in [6.07, 6.45) is -4.45. The Morgan fingerprint density at radius 3 is 2.00 bits per heavy atom. The van der Waals surface area contributed by atoms with Gasteiger partial charge in [-0.3, -0.25) is 0 Å². The summed E-state index contributed by atoms with van der Waals surface area (Å²) in [5.41, 5.74) is 6.20. The van der Waals surface area contributed by atoms with Crippen molar-refractivity contribution in [1.29, 1.82) is 0 Å². The van der Waals surface area contributed by atoms with Crippen molar-refractivity contribution < 1.29 is 13.2 Å². The number of halogens is 3. The monoisotopic (exact) mass is 281 g/mol. The first-order chi connectivity index (χ1) is 9.12. The quantitative estimate of drug-likeness (QED) is 0.805. The van der Waals surface area contributed by atoms with Gasteiger partial charge in [0.1, 0.15) is 6.04 Å². The van der Waals surface area contributed by atoms with Crippen LogP contribution < -0.4 is 5.73 Å². The normalized spacial score (nSPS) is 14.6. The molecule has 2 aromatic carbocycles. The molecule has 108 valence electrons. The zero-order valence-corrected chi connectivity index (χ0v) is 11.8. The molecular weight excluding hydrogens is 263 g/mol. The lowest BCUT2D eigenvalue weighted by atomic mass is 9.81. The van der Waals surface area contributed by atoms with E-state index in [0.29, 0.717) is 5.39 Å². The second-order valence-corrected chi connectivity index (χ2v) is 6.02. The second-order valence-electron chi connectivity index (χ2n) is 6.02. The van der Waals surface area contributed by atoms with Crippen LogP contribution in [0.1, 0.15) is 37.9 Å². The molecule has 0 bridgehead atoms. The number of benzene rings is 2. The number of hydrogen-bond acceptors (Lipinski definition) is 1. The maximum absolute atomic E-state index is 13.0. The van der Waals surface area contributed by atoms with Crippen LogP contribution in [0.5, 0.6) is 0 Å². The molecule has 0 saturated heterocycles. The Balaban J connectivity index is 2.80. The Hall–Kier alpha value is -1.55. The molecule has 0 aromatic heterocycles. The molecule has 0 unspecified atom stereocenters. The maximum atomic E-state index is 13.0. The summed E-state index contributed by atoms with van der Waals surface area (Å²) in [6.45, 7) is 5.95. The second kappa shape index (κ2) is 4.77. The van der Waals surface area contributed by atoms with Gasteiger partial charge in [-0.25, -0.2) is 0 Å². The summed E-state index contributed by atoms with van der Waals surface area (Å²) in [6, 6.07) is 8.50. The summed E-state index contributed by atoms with van der Waals surface area (Å²) in [5.74, 6) is 0. The van der Waals surface area contributed by atoms with Gasteiger partial charge in [-0.05, 0) is 27.3 Å². The van der Waals surface area contributed by atoms with Crippen molar-refractivity contribution in [1.82, 2.24) is 0 Å². The largest absolute Gasteiger partial charge is 0.407 e. The number of nitrogens with two attached hydrogens (primary N) is 1. The maximum Gasteiger partial charge on any atom is 0.407 e.